The van der Waals surface area contributed by atoms with E-state index in [4.69, 9.17) is 0 Å². The molecule has 2 unspecified atom stereocenters. The Kier molecular flexibility index (Phi) is 2.48. The van der Waals surface area contributed by atoms with E-state index in [0.29, 0.717) is 0 Å². The van der Waals surface area contributed by atoms with Gasteiger partial charge in [-0.2, -0.15) is 0 Å². The highest BCUT2D eigenvalue weighted by Crippen LogP contribution is 2.40. The molecule has 0 saturated carbocycles. The third-order valence-corrected chi connectivity index (χ3v) is 3.51. The summed E-state index contributed by atoms with van der Waals surface area (Å²) < 4.78 is 0. The van der Waals surface area contributed by atoms with Crippen LogP contribution >= 0.6 is 12.4 Å². The van der Waals surface area contributed by atoms with Crippen molar-refractivity contribution in [2.75, 3.05) is 6.54 Å². The van der Waals surface area contributed by atoms with E-state index in [9.17, 15) is 0 Å². The van der Waals surface area contributed by atoms with Crippen molar-refractivity contribution in [2.24, 2.45) is 5.92 Å². The molecule has 1 aliphatic heterocycles. The van der Waals surface area contributed by atoms with Gasteiger partial charge in [-0.3, -0.25) is 0 Å². The molecule has 13 heavy (non-hydrogen) atoms. The molecule has 72 valence electrons. The SMILES string of the molecule is C1=CC2=C3C(C1)CCNC3CC2.Cl. The summed E-state index contributed by atoms with van der Waals surface area (Å²) in [6, 6.07) is 0.753. The maximum Gasteiger partial charge on any atom is 0.0291 e. The predicted molar refractivity (Wildman–Crippen MR) is 57.2 cm³/mol. The summed E-state index contributed by atoms with van der Waals surface area (Å²) in [6.07, 6.45) is 10.1. The summed E-state index contributed by atoms with van der Waals surface area (Å²) in [4.78, 5) is 0. The van der Waals surface area contributed by atoms with Gasteiger partial charge in [0.15, 0.2) is 0 Å². The second kappa shape index (κ2) is 3.47. The van der Waals surface area contributed by atoms with Crippen molar-refractivity contribution in [3.8, 4) is 0 Å². The molecule has 2 atom stereocenters. The summed E-state index contributed by atoms with van der Waals surface area (Å²) >= 11 is 0. The molecule has 1 nitrogen and oxygen atoms in total. The second-order valence-electron chi connectivity index (χ2n) is 4.15. The lowest BCUT2D eigenvalue weighted by Gasteiger charge is -2.32. The normalized spacial score (nSPS) is 35.7. The zero-order valence-electron chi connectivity index (χ0n) is 7.75. The number of halogens is 1. The molecule has 1 fully saturated rings. The van der Waals surface area contributed by atoms with Gasteiger partial charge in [-0.15, -0.1) is 12.4 Å². The number of allylic oxidation sites excluding steroid dienone is 3. The van der Waals surface area contributed by atoms with Gasteiger partial charge in [0.1, 0.15) is 0 Å². The van der Waals surface area contributed by atoms with E-state index in [1.54, 1.807) is 11.1 Å². The third kappa shape index (κ3) is 1.35. The minimum Gasteiger partial charge on any atom is -0.310 e. The van der Waals surface area contributed by atoms with E-state index in [0.717, 1.165) is 12.0 Å². The van der Waals surface area contributed by atoms with Crippen LogP contribution in [0.15, 0.2) is 23.3 Å². The molecule has 1 saturated heterocycles. The van der Waals surface area contributed by atoms with Crippen molar-refractivity contribution >= 4 is 12.4 Å². The first-order chi connectivity index (χ1) is 5.95. The standard InChI is InChI=1S/C11H15N.ClH/c1-2-8-4-5-10-11(8)9(3-1)6-7-12-10;/h1-2,9-10,12H,3-7H2;1H. The molecule has 0 spiro atoms. The highest BCUT2D eigenvalue weighted by molar-refractivity contribution is 5.85. The molecule has 0 aromatic rings. The first-order valence-electron chi connectivity index (χ1n) is 5.08. The number of rotatable bonds is 0. The molecule has 2 aliphatic carbocycles. The number of piperidine rings is 1. The maximum absolute atomic E-state index is 3.62. The molecule has 0 aromatic carbocycles. The van der Waals surface area contributed by atoms with E-state index < -0.39 is 0 Å². The lowest BCUT2D eigenvalue weighted by atomic mass is 9.82. The van der Waals surface area contributed by atoms with Gasteiger partial charge in [-0.25, -0.2) is 0 Å². The Morgan fingerprint density at radius 1 is 1.31 bits per heavy atom. The fourth-order valence-electron chi connectivity index (χ4n) is 2.97. The van der Waals surface area contributed by atoms with Crippen LogP contribution in [0.25, 0.3) is 0 Å². The second-order valence-corrected chi connectivity index (χ2v) is 4.15. The first kappa shape index (κ1) is 9.29. The monoisotopic (exact) mass is 197 g/mol. The van der Waals surface area contributed by atoms with Crippen LogP contribution in [-0.2, 0) is 0 Å². The highest BCUT2D eigenvalue weighted by atomic mass is 35.5. The Balaban J connectivity index is 0.000000653. The van der Waals surface area contributed by atoms with Gasteiger partial charge < -0.3 is 5.32 Å². The van der Waals surface area contributed by atoms with Gasteiger partial charge in [0.25, 0.3) is 0 Å². The van der Waals surface area contributed by atoms with E-state index in [1.165, 1.54) is 32.2 Å². The summed E-state index contributed by atoms with van der Waals surface area (Å²) in [5.41, 5.74) is 3.42. The lowest BCUT2D eigenvalue weighted by molar-refractivity contribution is 0.402. The Morgan fingerprint density at radius 2 is 2.23 bits per heavy atom. The fraction of sp³-hybridized carbons (Fsp3) is 0.636. The molecule has 0 bridgehead atoms. The van der Waals surface area contributed by atoms with Crippen molar-refractivity contribution in [2.45, 2.75) is 31.7 Å². The van der Waals surface area contributed by atoms with Crippen molar-refractivity contribution in [3.63, 3.8) is 0 Å². The van der Waals surface area contributed by atoms with Crippen molar-refractivity contribution in [1.82, 2.24) is 5.32 Å². The molecular formula is C11H16ClN. The van der Waals surface area contributed by atoms with Gasteiger partial charge in [0, 0.05) is 6.04 Å². The van der Waals surface area contributed by atoms with E-state index >= 15 is 0 Å². The zero-order chi connectivity index (χ0) is 7.97. The van der Waals surface area contributed by atoms with Crippen LogP contribution in [0.1, 0.15) is 25.7 Å². The van der Waals surface area contributed by atoms with E-state index in [1.807, 2.05) is 0 Å². The minimum atomic E-state index is 0. The van der Waals surface area contributed by atoms with Gasteiger partial charge in [-0.05, 0) is 49.3 Å². The third-order valence-electron chi connectivity index (χ3n) is 3.51. The lowest BCUT2D eigenvalue weighted by Crippen LogP contribution is -2.38. The fourth-order valence-corrected chi connectivity index (χ4v) is 2.97. The number of hydrogen-bond donors (Lipinski definition) is 1. The Labute approximate surface area is 85.7 Å². The van der Waals surface area contributed by atoms with Crippen LogP contribution in [-0.4, -0.2) is 12.6 Å². The Morgan fingerprint density at radius 3 is 3.15 bits per heavy atom. The van der Waals surface area contributed by atoms with Gasteiger partial charge in [-0.1, -0.05) is 12.2 Å². The zero-order valence-corrected chi connectivity index (χ0v) is 8.57. The first-order valence-corrected chi connectivity index (χ1v) is 5.08. The van der Waals surface area contributed by atoms with Crippen LogP contribution in [0, 0.1) is 5.92 Å². The molecule has 0 aromatic heterocycles. The molecule has 3 rings (SSSR count). The summed E-state index contributed by atoms with van der Waals surface area (Å²) in [7, 11) is 0. The molecular weight excluding hydrogens is 182 g/mol. The van der Waals surface area contributed by atoms with Crippen LogP contribution in [0.3, 0.4) is 0 Å². The van der Waals surface area contributed by atoms with E-state index in [2.05, 4.69) is 17.5 Å². The van der Waals surface area contributed by atoms with Crippen LogP contribution in [0.5, 0.6) is 0 Å². The maximum atomic E-state index is 3.62. The molecule has 1 heterocycles. The average Bonchev–Trinajstić information content (AvgIpc) is 2.52. The molecule has 1 N–H and O–H groups in total. The van der Waals surface area contributed by atoms with Crippen LogP contribution in [0.2, 0.25) is 0 Å². The van der Waals surface area contributed by atoms with Gasteiger partial charge in [0.2, 0.25) is 0 Å². The largest absolute Gasteiger partial charge is 0.310 e. The summed E-state index contributed by atoms with van der Waals surface area (Å²) in [5.74, 6) is 0.902. The number of hydrogen-bond acceptors (Lipinski definition) is 1. The molecule has 0 amide bonds. The quantitative estimate of drug-likeness (QED) is 0.629. The highest BCUT2D eigenvalue weighted by Gasteiger charge is 2.33. The van der Waals surface area contributed by atoms with Crippen molar-refractivity contribution < 1.29 is 0 Å². The molecule has 0 radical (unpaired) electrons. The minimum absolute atomic E-state index is 0. The van der Waals surface area contributed by atoms with Crippen LogP contribution < -0.4 is 5.32 Å². The molecule has 2 heteroatoms. The average molecular weight is 198 g/mol. The van der Waals surface area contributed by atoms with Crippen molar-refractivity contribution in [1.29, 1.82) is 0 Å². The topological polar surface area (TPSA) is 12.0 Å². The van der Waals surface area contributed by atoms with Crippen molar-refractivity contribution in [3.05, 3.63) is 23.3 Å². The van der Waals surface area contributed by atoms with Gasteiger partial charge in [0.05, 0.1) is 0 Å². The smallest absolute Gasteiger partial charge is 0.0291 e. The Bertz CT molecular complexity index is 267. The predicted octanol–water partition coefficient (Wildman–Crippen LogP) is 2.44. The van der Waals surface area contributed by atoms with E-state index in [-0.39, 0.29) is 12.4 Å². The van der Waals surface area contributed by atoms with Gasteiger partial charge >= 0.3 is 0 Å². The Hall–Kier alpha value is -0.270. The van der Waals surface area contributed by atoms with Crippen LogP contribution in [0.4, 0.5) is 0 Å². The molecule has 3 aliphatic rings. The summed E-state index contributed by atoms with van der Waals surface area (Å²) in [5, 5.41) is 3.62. The number of nitrogens with one attached hydrogen (secondary N) is 1. The summed E-state index contributed by atoms with van der Waals surface area (Å²) in [6.45, 7) is 1.24.